The highest BCUT2D eigenvalue weighted by atomic mass is 16.5. The molecule has 2 aliphatic rings. The molecule has 4 rings (SSSR count). The molecule has 1 saturated heterocycles. The Hall–Kier alpha value is -2.56. The molecular weight excluding hydrogens is 314 g/mol. The molecule has 1 amide bonds. The number of carbonyl (C=O) groups excluding carboxylic acids is 1. The second kappa shape index (κ2) is 6.39. The maximum Gasteiger partial charge on any atom is 0.254 e. The van der Waals surface area contributed by atoms with E-state index in [0.717, 1.165) is 36.4 Å². The SMILES string of the molecule is CN(C)c1ccc(C(=O)N2C[C@H]3CC[C@H]2[C@@H]3Oc2cccnc2)cc1. The third kappa shape index (κ3) is 2.95. The van der Waals surface area contributed by atoms with E-state index in [4.69, 9.17) is 4.74 Å². The van der Waals surface area contributed by atoms with Gasteiger partial charge >= 0.3 is 0 Å². The van der Waals surface area contributed by atoms with Crippen molar-refractivity contribution in [1.29, 1.82) is 0 Å². The largest absolute Gasteiger partial charge is 0.486 e. The smallest absolute Gasteiger partial charge is 0.254 e. The van der Waals surface area contributed by atoms with Gasteiger partial charge < -0.3 is 14.5 Å². The summed E-state index contributed by atoms with van der Waals surface area (Å²) in [7, 11) is 3.99. The fourth-order valence-electron chi connectivity index (χ4n) is 3.99. The predicted molar refractivity (Wildman–Crippen MR) is 97.0 cm³/mol. The molecule has 0 radical (unpaired) electrons. The van der Waals surface area contributed by atoms with E-state index in [1.807, 2.05) is 60.3 Å². The van der Waals surface area contributed by atoms with Crippen molar-refractivity contribution >= 4 is 11.6 Å². The van der Waals surface area contributed by atoms with Crippen LogP contribution in [0.15, 0.2) is 48.8 Å². The summed E-state index contributed by atoms with van der Waals surface area (Å²) in [6, 6.07) is 11.8. The summed E-state index contributed by atoms with van der Waals surface area (Å²) in [5, 5.41) is 0. The first-order valence-corrected chi connectivity index (χ1v) is 8.78. The van der Waals surface area contributed by atoms with Crippen LogP contribution in [-0.2, 0) is 0 Å². The van der Waals surface area contributed by atoms with Gasteiger partial charge in [-0.2, -0.15) is 0 Å². The average molecular weight is 337 g/mol. The van der Waals surface area contributed by atoms with Crippen molar-refractivity contribution in [2.75, 3.05) is 25.5 Å². The molecule has 2 bridgehead atoms. The van der Waals surface area contributed by atoms with Crippen LogP contribution in [-0.4, -0.2) is 48.6 Å². The van der Waals surface area contributed by atoms with E-state index < -0.39 is 0 Å². The van der Waals surface area contributed by atoms with Crippen LogP contribution in [0.5, 0.6) is 5.75 Å². The Labute approximate surface area is 148 Å². The predicted octanol–water partition coefficient (Wildman–Crippen LogP) is 2.83. The molecule has 2 fully saturated rings. The van der Waals surface area contributed by atoms with Gasteiger partial charge in [-0.3, -0.25) is 9.78 Å². The number of anilines is 1. The Kier molecular flexibility index (Phi) is 4.07. The summed E-state index contributed by atoms with van der Waals surface area (Å²) in [6.45, 7) is 0.782. The first-order chi connectivity index (χ1) is 12.1. The van der Waals surface area contributed by atoms with Crippen molar-refractivity contribution in [2.24, 2.45) is 5.92 Å². The molecule has 25 heavy (non-hydrogen) atoms. The summed E-state index contributed by atoms with van der Waals surface area (Å²) in [5.41, 5.74) is 1.84. The summed E-state index contributed by atoms with van der Waals surface area (Å²) in [5.74, 6) is 1.31. The van der Waals surface area contributed by atoms with E-state index in [-0.39, 0.29) is 18.1 Å². The number of piperidine rings is 1. The summed E-state index contributed by atoms with van der Waals surface area (Å²) in [6.07, 6.45) is 5.69. The number of rotatable bonds is 4. The molecule has 2 heterocycles. The van der Waals surface area contributed by atoms with Crippen LogP contribution in [0, 0.1) is 5.92 Å². The van der Waals surface area contributed by atoms with Crippen LogP contribution in [0.3, 0.4) is 0 Å². The maximum atomic E-state index is 13.0. The van der Waals surface area contributed by atoms with Crippen LogP contribution < -0.4 is 9.64 Å². The van der Waals surface area contributed by atoms with Crippen LogP contribution in [0.1, 0.15) is 23.2 Å². The Morgan fingerprint density at radius 2 is 2.00 bits per heavy atom. The van der Waals surface area contributed by atoms with E-state index in [2.05, 4.69) is 4.98 Å². The number of hydrogen-bond donors (Lipinski definition) is 0. The van der Waals surface area contributed by atoms with Gasteiger partial charge in [0.15, 0.2) is 0 Å². The minimum absolute atomic E-state index is 0.0780. The lowest BCUT2D eigenvalue weighted by Gasteiger charge is -2.27. The number of ether oxygens (including phenoxy) is 1. The third-order valence-corrected chi connectivity index (χ3v) is 5.31. The number of benzene rings is 1. The molecule has 1 aliphatic carbocycles. The number of carbonyl (C=O) groups is 1. The van der Waals surface area contributed by atoms with Crippen molar-refractivity contribution in [1.82, 2.24) is 9.88 Å². The Morgan fingerprint density at radius 1 is 1.20 bits per heavy atom. The van der Waals surface area contributed by atoms with E-state index in [0.29, 0.717) is 5.92 Å². The van der Waals surface area contributed by atoms with Gasteiger partial charge in [0, 0.05) is 44.0 Å². The fraction of sp³-hybridized carbons (Fsp3) is 0.400. The van der Waals surface area contributed by atoms with Gasteiger partial charge in [0.1, 0.15) is 11.9 Å². The summed E-state index contributed by atoms with van der Waals surface area (Å²) >= 11 is 0. The summed E-state index contributed by atoms with van der Waals surface area (Å²) in [4.78, 5) is 21.1. The molecule has 3 atom stereocenters. The standard InChI is InChI=1S/C20H23N3O2/c1-22(2)16-8-5-14(6-9-16)20(24)23-13-15-7-10-18(23)19(15)25-17-4-3-11-21-12-17/h3-6,8-9,11-12,15,18-19H,7,10,13H2,1-2H3/t15-,18+,19-/m1/s1. The van der Waals surface area contributed by atoms with Crippen LogP contribution in [0.4, 0.5) is 5.69 Å². The summed E-state index contributed by atoms with van der Waals surface area (Å²) < 4.78 is 6.17. The molecule has 1 saturated carbocycles. The minimum atomic E-state index is 0.0780. The number of nitrogens with zero attached hydrogens (tertiary/aromatic N) is 3. The van der Waals surface area contributed by atoms with Gasteiger partial charge in [0.25, 0.3) is 5.91 Å². The molecule has 0 unspecified atom stereocenters. The van der Waals surface area contributed by atoms with Gasteiger partial charge in [0.2, 0.25) is 0 Å². The monoisotopic (exact) mass is 337 g/mol. The minimum Gasteiger partial charge on any atom is -0.486 e. The maximum absolute atomic E-state index is 13.0. The van der Waals surface area contributed by atoms with Gasteiger partial charge in [-0.1, -0.05) is 0 Å². The average Bonchev–Trinajstić information content (AvgIpc) is 3.19. The van der Waals surface area contributed by atoms with Gasteiger partial charge in [-0.15, -0.1) is 0 Å². The zero-order valence-corrected chi connectivity index (χ0v) is 14.6. The van der Waals surface area contributed by atoms with Crippen molar-refractivity contribution in [3.8, 4) is 5.75 Å². The Bertz CT molecular complexity index is 745. The lowest BCUT2D eigenvalue weighted by Crippen LogP contribution is -2.40. The van der Waals surface area contributed by atoms with Gasteiger partial charge in [-0.25, -0.2) is 0 Å². The van der Waals surface area contributed by atoms with Crippen molar-refractivity contribution in [2.45, 2.75) is 25.0 Å². The van der Waals surface area contributed by atoms with Crippen molar-refractivity contribution in [3.05, 3.63) is 54.4 Å². The number of pyridine rings is 1. The lowest BCUT2D eigenvalue weighted by molar-refractivity contribution is 0.0666. The van der Waals surface area contributed by atoms with Crippen molar-refractivity contribution in [3.63, 3.8) is 0 Å². The second-order valence-corrected chi connectivity index (χ2v) is 7.07. The third-order valence-electron chi connectivity index (χ3n) is 5.31. The molecular formula is C20H23N3O2. The topological polar surface area (TPSA) is 45.7 Å². The first-order valence-electron chi connectivity index (χ1n) is 8.78. The molecule has 1 aliphatic heterocycles. The number of amides is 1. The fourth-order valence-corrected chi connectivity index (χ4v) is 3.99. The molecule has 0 spiro atoms. The molecule has 0 N–H and O–H groups in total. The van der Waals surface area contributed by atoms with E-state index in [1.165, 1.54) is 0 Å². The zero-order valence-electron chi connectivity index (χ0n) is 14.6. The van der Waals surface area contributed by atoms with Gasteiger partial charge in [0.05, 0.1) is 12.2 Å². The Morgan fingerprint density at radius 3 is 2.68 bits per heavy atom. The van der Waals surface area contributed by atoms with Crippen LogP contribution >= 0.6 is 0 Å². The van der Waals surface area contributed by atoms with Crippen molar-refractivity contribution < 1.29 is 9.53 Å². The zero-order chi connectivity index (χ0) is 17.4. The number of fused-ring (bicyclic) bond motifs is 2. The molecule has 5 heteroatoms. The second-order valence-electron chi connectivity index (χ2n) is 7.07. The highest BCUT2D eigenvalue weighted by molar-refractivity contribution is 5.95. The molecule has 1 aromatic carbocycles. The van der Waals surface area contributed by atoms with Gasteiger partial charge in [-0.05, 0) is 49.2 Å². The quantitative estimate of drug-likeness (QED) is 0.861. The van der Waals surface area contributed by atoms with E-state index in [1.54, 1.807) is 12.4 Å². The Balaban J connectivity index is 1.49. The molecule has 130 valence electrons. The molecule has 1 aromatic heterocycles. The normalized spacial score (nSPS) is 24.4. The van der Waals surface area contributed by atoms with E-state index >= 15 is 0 Å². The number of hydrogen-bond acceptors (Lipinski definition) is 4. The number of likely N-dealkylation sites (tertiary alicyclic amines) is 1. The number of aromatic nitrogens is 1. The molecule has 2 aromatic rings. The highest BCUT2D eigenvalue weighted by Gasteiger charge is 2.50. The highest BCUT2D eigenvalue weighted by Crippen LogP contribution is 2.40. The first kappa shape index (κ1) is 15.9. The molecule has 5 nitrogen and oxygen atoms in total. The van der Waals surface area contributed by atoms with Crippen LogP contribution in [0.25, 0.3) is 0 Å². The van der Waals surface area contributed by atoms with E-state index in [9.17, 15) is 4.79 Å². The lowest BCUT2D eigenvalue weighted by atomic mass is 10.1. The van der Waals surface area contributed by atoms with Crippen LogP contribution in [0.2, 0.25) is 0 Å².